The van der Waals surface area contributed by atoms with Gasteiger partial charge in [-0.05, 0) is 6.07 Å². The van der Waals surface area contributed by atoms with Gasteiger partial charge in [-0.15, -0.1) is 0 Å². The number of fused-ring (bicyclic) bond motifs is 2. The molecule has 5 nitrogen and oxygen atoms in total. The lowest BCUT2D eigenvalue weighted by Crippen LogP contribution is -2.50. The molecule has 1 aromatic carbocycles. The van der Waals surface area contributed by atoms with Gasteiger partial charge in [-0.1, -0.05) is 18.2 Å². The van der Waals surface area contributed by atoms with Crippen molar-refractivity contribution in [3.05, 3.63) is 29.8 Å². The Bertz CT molecular complexity index is 514. The van der Waals surface area contributed by atoms with Gasteiger partial charge in [0.2, 0.25) is 0 Å². The molecule has 0 bridgehead atoms. The highest BCUT2D eigenvalue weighted by atomic mass is 16.2. The van der Waals surface area contributed by atoms with Gasteiger partial charge in [0.1, 0.15) is 5.54 Å². The second kappa shape index (κ2) is 3.23. The van der Waals surface area contributed by atoms with Gasteiger partial charge in [0, 0.05) is 31.3 Å². The first-order valence-electron chi connectivity index (χ1n) is 5.58. The minimum atomic E-state index is -0.875. The number of carbonyl (C=O) groups excluding carboxylic acids is 2. The smallest absolute Gasteiger partial charge is 0.322 e. The van der Waals surface area contributed by atoms with Crippen LogP contribution in [-0.2, 0) is 10.3 Å². The van der Waals surface area contributed by atoms with E-state index in [1.54, 1.807) is 0 Å². The summed E-state index contributed by atoms with van der Waals surface area (Å²) in [6.45, 7) is 0.741. The van der Waals surface area contributed by atoms with Crippen LogP contribution < -0.4 is 15.5 Å². The van der Waals surface area contributed by atoms with Crippen LogP contribution >= 0.6 is 0 Å². The average molecular weight is 231 g/mol. The van der Waals surface area contributed by atoms with Crippen molar-refractivity contribution in [2.75, 3.05) is 18.5 Å². The molecule has 2 N–H and O–H groups in total. The number of nitrogens with zero attached hydrogens (tertiary/aromatic N) is 1. The van der Waals surface area contributed by atoms with Crippen molar-refractivity contribution in [3.63, 3.8) is 0 Å². The highest BCUT2D eigenvalue weighted by molar-refractivity contribution is 6.08. The van der Waals surface area contributed by atoms with Crippen molar-refractivity contribution >= 4 is 17.6 Å². The highest BCUT2D eigenvalue weighted by Crippen LogP contribution is 2.39. The van der Waals surface area contributed by atoms with Gasteiger partial charge in [-0.25, -0.2) is 4.79 Å². The minimum absolute atomic E-state index is 0.247. The second-order valence-corrected chi connectivity index (χ2v) is 4.50. The summed E-state index contributed by atoms with van der Waals surface area (Å²) in [4.78, 5) is 25.5. The van der Waals surface area contributed by atoms with E-state index in [4.69, 9.17) is 0 Å². The van der Waals surface area contributed by atoms with E-state index >= 15 is 0 Å². The summed E-state index contributed by atoms with van der Waals surface area (Å²) in [6, 6.07) is 7.28. The number of anilines is 1. The molecule has 5 heteroatoms. The van der Waals surface area contributed by atoms with Crippen LogP contribution in [0.2, 0.25) is 0 Å². The maximum atomic E-state index is 12.0. The molecule has 1 aromatic rings. The molecule has 88 valence electrons. The lowest BCUT2D eigenvalue weighted by molar-refractivity contribution is -0.124. The molecule has 1 atom stereocenters. The first-order valence-corrected chi connectivity index (χ1v) is 5.58. The van der Waals surface area contributed by atoms with Gasteiger partial charge < -0.3 is 10.2 Å². The Labute approximate surface area is 98.8 Å². The van der Waals surface area contributed by atoms with Gasteiger partial charge in [0.25, 0.3) is 5.91 Å². The molecule has 3 rings (SSSR count). The van der Waals surface area contributed by atoms with Crippen molar-refractivity contribution in [1.82, 2.24) is 10.6 Å². The Balaban J connectivity index is 2.18. The predicted octanol–water partition coefficient (Wildman–Crippen LogP) is 0.561. The maximum Gasteiger partial charge on any atom is 0.322 e. The molecule has 0 aliphatic carbocycles. The van der Waals surface area contributed by atoms with Crippen molar-refractivity contribution < 1.29 is 9.59 Å². The highest BCUT2D eigenvalue weighted by Gasteiger charge is 2.50. The van der Waals surface area contributed by atoms with Crippen molar-refractivity contribution in [3.8, 4) is 0 Å². The van der Waals surface area contributed by atoms with E-state index in [9.17, 15) is 9.59 Å². The Morgan fingerprint density at radius 3 is 2.76 bits per heavy atom. The van der Waals surface area contributed by atoms with Crippen molar-refractivity contribution in [1.29, 1.82) is 0 Å². The van der Waals surface area contributed by atoms with E-state index in [2.05, 4.69) is 15.5 Å². The number of hydrogen-bond donors (Lipinski definition) is 2. The number of carbonyl (C=O) groups is 2. The van der Waals surface area contributed by atoms with E-state index in [1.807, 2.05) is 31.3 Å². The SMILES string of the molecule is CN1CC[C@]2(NC(=O)NC2=O)c2ccccc21. The molecule has 0 saturated carbocycles. The first kappa shape index (κ1) is 10.1. The van der Waals surface area contributed by atoms with Crippen LogP contribution in [0.5, 0.6) is 0 Å². The normalized spacial score (nSPS) is 26.8. The number of imide groups is 1. The number of benzene rings is 1. The molecule has 1 spiro atoms. The summed E-state index contributed by atoms with van der Waals surface area (Å²) in [7, 11) is 1.99. The van der Waals surface area contributed by atoms with E-state index in [-0.39, 0.29) is 5.91 Å². The van der Waals surface area contributed by atoms with Crippen LogP contribution in [0.25, 0.3) is 0 Å². The van der Waals surface area contributed by atoms with Crippen molar-refractivity contribution in [2.24, 2.45) is 0 Å². The van der Waals surface area contributed by atoms with E-state index < -0.39 is 11.6 Å². The lowest BCUT2D eigenvalue weighted by Gasteiger charge is -2.38. The van der Waals surface area contributed by atoms with E-state index in [0.29, 0.717) is 6.42 Å². The monoisotopic (exact) mass is 231 g/mol. The first-order chi connectivity index (χ1) is 8.13. The van der Waals surface area contributed by atoms with Crippen LogP contribution in [0, 0.1) is 0 Å². The number of rotatable bonds is 0. The summed E-state index contributed by atoms with van der Waals surface area (Å²) in [6.07, 6.45) is 0.595. The van der Waals surface area contributed by atoms with E-state index in [0.717, 1.165) is 17.8 Å². The molecule has 0 unspecified atom stereocenters. The number of para-hydroxylation sites is 1. The molecular weight excluding hydrogens is 218 g/mol. The summed E-state index contributed by atoms with van der Waals surface area (Å²) < 4.78 is 0. The van der Waals surface area contributed by atoms with Gasteiger partial charge in [-0.2, -0.15) is 0 Å². The second-order valence-electron chi connectivity index (χ2n) is 4.50. The molecule has 0 radical (unpaired) electrons. The summed E-state index contributed by atoms with van der Waals surface area (Å²) in [5.74, 6) is -0.247. The van der Waals surface area contributed by atoms with Crippen LogP contribution in [0.1, 0.15) is 12.0 Å². The Hall–Kier alpha value is -2.04. The summed E-state index contributed by atoms with van der Waals surface area (Å²) >= 11 is 0. The molecule has 1 fully saturated rings. The number of nitrogens with one attached hydrogen (secondary N) is 2. The van der Waals surface area contributed by atoms with Gasteiger partial charge in [0.05, 0.1) is 0 Å². The molecular formula is C12H13N3O2. The maximum absolute atomic E-state index is 12.0. The fourth-order valence-corrected chi connectivity index (χ4v) is 2.62. The Morgan fingerprint density at radius 2 is 2.06 bits per heavy atom. The number of amides is 3. The third-order valence-corrected chi connectivity index (χ3v) is 3.54. The van der Waals surface area contributed by atoms with Crippen LogP contribution in [0.3, 0.4) is 0 Å². The zero-order valence-corrected chi connectivity index (χ0v) is 9.49. The molecule has 2 aliphatic rings. The summed E-state index contributed by atoms with van der Waals surface area (Å²) in [5.41, 5.74) is 0.994. The molecule has 1 saturated heterocycles. The van der Waals surface area contributed by atoms with Crippen LogP contribution in [0.15, 0.2) is 24.3 Å². The van der Waals surface area contributed by atoms with Gasteiger partial charge in [0.15, 0.2) is 0 Å². The van der Waals surface area contributed by atoms with Gasteiger partial charge in [-0.3, -0.25) is 10.1 Å². The average Bonchev–Trinajstić information content (AvgIpc) is 2.61. The predicted molar refractivity (Wildman–Crippen MR) is 62.7 cm³/mol. The van der Waals surface area contributed by atoms with Gasteiger partial charge >= 0.3 is 6.03 Å². The van der Waals surface area contributed by atoms with Crippen molar-refractivity contribution in [2.45, 2.75) is 12.0 Å². The molecule has 3 amide bonds. The summed E-state index contributed by atoms with van der Waals surface area (Å²) in [5, 5.41) is 5.10. The minimum Gasteiger partial charge on any atom is -0.374 e. The largest absolute Gasteiger partial charge is 0.374 e. The van der Waals surface area contributed by atoms with Crippen LogP contribution in [-0.4, -0.2) is 25.5 Å². The molecule has 2 aliphatic heterocycles. The quantitative estimate of drug-likeness (QED) is 0.641. The Morgan fingerprint density at radius 1 is 1.29 bits per heavy atom. The fourth-order valence-electron chi connectivity index (χ4n) is 2.62. The lowest BCUT2D eigenvalue weighted by atomic mass is 9.82. The standard InChI is InChI=1S/C12H13N3O2/c1-15-7-6-12(10(16)13-11(17)14-12)8-4-2-3-5-9(8)15/h2-5H,6-7H2,1H3,(H2,13,14,16,17)/t12-/m0/s1. The van der Waals surface area contributed by atoms with Crippen LogP contribution in [0.4, 0.5) is 10.5 Å². The van der Waals surface area contributed by atoms with E-state index in [1.165, 1.54) is 0 Å². The number of hydrogen-bond acceptors (Lipinski definition) is 3. The molecule has 0 aromatic heterocycles. The third-order valence-electron chi connectivity index (χ3n) is 3.54. The zero-order valence-electron chi connectivity index (χ0n) is 9.49. The molecule has 2 heterocycles. The topological polar surface area (TPSA) is 61.4 Å². The Kier molecular flexibility index (Phi) is 1.92. The fraction of sp³-hybridized carbons (Fsp3) is 0.333. The molecule has 17 heavy (non-hydrogen) atoms. The number of urea groups is 1. The third kappa shape index (κ3) is 1.25. The zero-order chi connectivity index (χ0) is 12.0.